The summed E-state index contributed by atoms with van der Waals surface area (Å²) in [6.07, 6.45) is 3.67. The fraction of sp³-hybridized carbons (Fsp3) is 0.273. The number of aromatic hydroxyl groups is 1. The van der Waals surface area contributed by atoms with E-state index in [0.29, 0.717) is 17.1 Å². The monoisotopic (exact) mass is 272 g/mol. The third-order valence-electron chi connectivity index (χ3n) is 1.92. The number of phenols is 1. The topological polar surface area (TPSA) is 38.7 Å². The Morgan fingerprint density at radius 2 is 2.07 bits per heavy atom. The van der Waals surface area contributed by atoms with E-state index < -0.39 is 0 Å². The lowest BCUT2D eigenvalue weighted by Crippen LogP contribution is -1.90. The molecule has 82 valence electrons. The molecule has 1 aromatic carbocycles. The number of allylic oxidation sites excluding steroid dienone is 1. The fourth-order valence-electron chi connectivity index (χ4n) is 1.20. The van der Waals surface area contributed by atoms with Gasteiger partial charge in [-0.25, -0.2) is 0 Å². The van der Waals surface area contributed by atoms with E-state index >= 15 is 0 Å². The van der Waals surface area contributed by atoms with Crippen molar-refractivity contribution >= 4 is 22.0 Å². The van der Waals surface area contributed by atoms with Crippen molar-refractivity contribution in [3.63, 3.8) is 0 Å². The number of benzene rings is 1. The van der Waals surface area contributed by atoms with Crippen LogP contribution in [0.25, 0.3) is 6.08 Å². The van der Waals surface area contributed by atoms with Gasteiger partial charge in [-0.05, 0) is 0 Å². The zero-order chi connectivity index (χ0) is 11.3. The Bertz CT molecular complexity index is 361. The van der Waals surface area contributed by atoms with E-state index in [0.717, 1.165) is 5.33 Å². The molecular formula is C11H13BrO3. The SMILES string of the molecule is COc1cc(O)c(C=CCBr)c(OC)c1. The Kier molecular flexibility index (Phi) is 4.49. The van der Waals surface area contributed by atoms with Gasteiger partial charge in [0, 0.05) is 17.5 Å². The van der Waals surface area contributed by atoms with Gasteiger partial charge in [0.1, 0.15) is 17.2 Å². The van der Waals surface area contributed by atoms with E-state index in [1.54, 1.807) is 32.4 Å². The maximum absolute atomic E-state index is 9.73. The Balaban J connectivity index is 3.18. The Labute approximate surface area is 97.5 Å². The van der Waals surface area contributed by atoms with Gasteiger partial charge in [-0.2, -0.15) is 0 Å². The van der Waals surface area contributed by atoms with Gasteiger partial charge in [0.25, 0.3) is 0 Å². The first-order chi connectivity index (χ1) is 7.22. The predicted octanol–water partition coefficient (Wildman–Crippen LogP) is 2.82. The lowest BCUT2D eigenvalue weighted by Gasteiger charge is -2.09. The molecule has 0 spiro atoms. The number of methoxy groups -OCH3 is 2. The summed E-state index contributed by atoms with van der Waals surface area (Å²) in [6.45, 7) is 0. The first-order valence-electron chi connectivity index (χ1n) is 4.40. The molecule has 0 amide bonds. The van der Waals surface area contributed by atoms with Crippen LogP contribution < -0.4 is 9.47 Å². The van der Waals surface area contributed by atoms with Crippen LogP contribution in [0.1, 0.15) is 5.56 Å². The molecule has 0 aliphatic rings. The zero-order valence-electron chi connectivity index (χ0n) is 8.66. The predicted molar refractivity (Wildman–Crippen MR) is 64.0 cm³/mol. The third-order valence-corrected chi connectivity index (χ3v) is 2.30. The maximum Gasteiger partial charge on any atom is 0.133 e. The number of rotatable bonds is 4. The minimum atomic E-state index is 0.142. The lowest BCUT2D eigenvalue weighted by molar-refractivity contribution is 0.384. The van der Waals surface area contributed by atoms with Crippen LogP contribution in [0.3, 0.4) is 0 Å². The van der Waals surface area contributed by atoms with Crippen LogP contribution in [-0.4, -0.2) is 24.7 Å². The highest BCUT2D eigenvalue weighted by atomic mass is 79.9. The van der Waals surface area contributed by atoms with E-state index in [1.165, 1.54) is 0 Å². The summed E-state index contributed by atoms with van der Waals surface area (Å²) < 4.78 is 10.2. The van der Waals surface area contributed by atoms with Crippen molar-refractivity contribution < 1.29 is 14.6 Å². The average molecular weight is 273 g/mol. The Morgan fingerprint density at radius 1 is 1.33 bits per heavy atom. The number of hydrogen-bond acceptors (Lipinski definition) is 3. The van der Waals surface area contributed by atoms with Gasteiger partial charge in [0.2, 0.25) is 0 Å². The van der Waals surface area contributed by atoms with Gasteiger partial charge in [0.05, 0.1) is 19.8 Å². The second-order valence-electron chi connectivity index (χ2n) is 2.82. The summed E-state index contributed by atoms with van der Waals surface area (Å²) in [6, 6.07) is 3.28. The number of hydrogen-bond donors (Lipinski definition) is 1. The van der Waals surface area contributed by atoms with Crippen molar-refractivity contribution in [2.24, 2.45) is 0 Å². The van der Waals surface area contributed by atoms with Gasteiger partial charge in [-0.1, -0.05) is 28.1 Å². The smallest absolute Gasteiger partial charge is 0.133 e. The highest BCUT2D eigenvalue weighted by Crippen LogP contribution is 2.34. The molecule has 1 aromatic rings. The fourth-order valence-corrected chi connectivity index (χ4v) is 1.39. The van der Waals surface area contributed by atoms with E-state index in [4.69, 9.17) is 9.47 Å². The van der Waals surface area contributed by atoms with Crippen LogP contribution in [0.4, 0.5) is 0 Å². The van der Waals surface area contributed by atoms with Crippen molar-refractivity contribution in [3.8, 4) is 17.2 Å². The second-order valence-corrected chi connectivity index (χ2v) is 3.47. The van der Waals surface area contributed by atoms with Crippen molar-refractivity contribution in [2.75, 3.05) is 19.5 Å². The summed E-state index contributed by atoms with van der Waals surface area (Å²) in [5, 5.41) is 10.5. The molecule has 0 atom stereocenters. The number of halogens is 1. The third kappa shape index (κ3) is 2.89. The summed E-state index contributed by atoms with van der Waals surface area (Å²) >= 11 is 3.27. The molecular weight excluding hydrogens is 260 g/mol. The van der Waals surface area contributed by atoms with Gasteiger partial charge in [0.15, 0.2) is 0 Å². The van der Waals surface area contributed by atoms with Crippen molar-refractivity contribution in [3.05, 3.63) is 23.8 Å². The van der Waals surface area contributed by atoms with Gasteiger partial charge >= 0.3 is 0 Å². The highest BCUT2D eigenvalue weighted by Gasteiger charge is 2.08. The van der Waals surface area contributed by atoms with Crippen LogP contribution in [0, 0.1) is 0 Å². The molecule has 4 heteroatoms. The van der Waals surface area contributed by atoms with Crippen molar-refractivity contribution in [1.29, 1.82) is 0 Å². The molecule has 0 fully saturated rings. The Hall–Kier alpha value is -1.16. The first kappa shape index (κ1) is 11.9. The summed E-state index contributed by atoms with van der Waals surface area (Å²) in [7, 11) is 3.10. The van der Waals surface area contributed by atoms with Gasteiger partial charge in [-0.3, -0.25) is 0 Å². The zero-order valence-corrected chi connectivity index (χ0v) is 10.2. The first-order valence-corrected chi connectivity index (χ1v) is 5.52. The average Bonchev–Trinajstić information content (AvgIpc) is 2.26. The van der Waals surface area contributed by atoms with Crippen molar-refractivity contribution in [2.45, 2.75) is 0 Å². The molecule has 0 aliphatic carbocycles. The highest BCUT2D eigenvalue weighted by molar-refractivity contribution is 9.09. The number of phenolic OH excluding ortho intramolecular Hbond substituents is 1. The van der Waals surface area contributed by atoms with Gasteiger partial charge in [-0.15, -0.1) is 0 Å². The Morgan fingerprint density at radius 3 is 2.60 bits per heavy atom. The quantitative estimate of drug-likeness (QED) is 0.857. The van der Waals surface area contributed by atoms with Gasteiger partial charge < -0.3 is 14.6 Å². The summed E-state index contributed by atoms with van der Waals surface area (Å²) in [5.74, 6) is 1.30. The van der Waals surface area contributed by atoms with E-state index in [1.807, 2.05) is 6.08 Å². The van der Waals surface area contributed by atoms with E-state index in [-0.39, 0.29) is 5.75 Å². The molecule has 0 aliphatic heterocycles. The molecule has 0 bridgehead atoms. The van der Waals surface area contributed by atoms with Crippen LogP contribution in [0.15, 0.2) is 18.2 Å². The molecule has 0 aromatic heterocycles. The molecule has 15 heavy (non-hydrogen) atoms. The van der Waals surface area contributed by atoms with Crippen LogP contribution in [0.5, 0.6) is 17.2 Å². The molecule has 0 unspecified atom stereocenters. The number of ether oxygens (including phenoxy) is 2. The maximum atomic E-state index is 9.73. The molecule has 0 saturated carbocycles. The van der Waals surface area contributed by atoms with E-state index in [9.17, 15) is 5.11 Å². The van der Waals surface area contributed by atoms with Crippen LogP contribution in [0.2, 0.25) is 0 Å². The molecule has 0 heterocycles. The lowest BCUT2D eigenvalue weighted by atomic mass is 10.1. The minimum absolute atomic E-state index is 0.142. The molecule has 0 saturated heterocycles. The van der Waals surface area contributed by atoms with Crippen LogP contribution in [-0.2, 0) is 0 Å². The van der Waals surface area contributed by atoms with E-state index in [2.05, 4.69) is 15.9 Å². The largest absolute Gasteiger partial charge is 0.507 e. The second kappa shape index (κ2) is 5.66. The molecule has 3 nitrogen and oxygen atoms in total. The molecule has 1 N–H and O–H groups in total. The summed E-state index contributed by atoms with van der Waals surface area (Å²) in [5.41, 5.74) is 0.651. The minimum Gasteiger partial charge on any atom is -0.507 e. The van der Waals surface area contributed by atoms with Crippen LogP contribution >= 0.6 is 15.9 Å². The summed E-state index contributed by atoms with van der Waals surface area (Å²) in [4.78, 5) is 0. The normalized spacial score (nSPS) is 10.6. The standard InChI is InChI=1S/C11H13BrO3/c1-14-8-6-10(13)9(4-3-5-12)11(7-8)15-2/h3-4,6-7,13H,5H2,1-2H3. The molecule has 1 rings (SSSR count). The van der Waals surface area contributed by atoms with Crippen molar-refractivity contribution in [1.82, 2.24) is 0 Å². The number of alkyl halides is 1. The molecule has 0 radical (unpaired) electrons.